The Kier molecular flexibility index (Phi) is 9.79. The molecule has 15 heteroatoms. The third kappa shape index (κ3) is 7.19. The van der Waals surface area contributed by atoms with Gasteiger partial charge in [-0.25, -0.2) is 18.2 Å². The molecule has 0 spiro atoms. The van der Waals surface area contributed by atoms with Crippen LogP contribution in [0.2, 0.25) is 0 Å². The van der Waals surface area contributed by atoms with Crippen LogP contribution in [0.1, 0.15) is 57.2 Å². The van der Waals surface area contributed by atoms with E-state index >= 15 is 0 Å². The number of hydrogen-bond acceptors (Lipinski definition) is 9. The van der Waals surface area contributed by atoms with E-state index in [1.165, 1.54) is 24.3 Å². The van der Waals surface area contributed by atoms with Gasteiger partial charge in [0.05, 0.1) is 39.1 Å². The fourth-order valence-electron chi connectivity index (χ4n) is 8.37. The molecule has 11 nitrogen and oxygen atoms in total. The minimum Gasteiger partial charge on any atom is -0.380 e. The number of Topliss-reactive ketones (excluding diaryl/α,β-unsaturated/α-hetero) is 1. The summed E-state index contributed by atoms with van der Waals surface area (Å²) in [6, 6.07) is 29.2. The number of nitrogens with zero attached hydrogens (tertiary/aromatic N) is 5. The molecule has 0 fully saturated rings. The lowest BCUT2D eigenvalue weighted by atomic mass is 9.71. The summed E-state index contributed by atoms with van der Waals surface area (Å²) in [5, 5.41) is 15.5. The van der Waals surface area contributed by atoms with Crippen molar-refractivity contribution in [3.8, 4) is 27.9 Å². The maximum atomic E-state index is 14.8. The summed E-state index contributed by atoms with van der Waals surface area (Å²) in [6.45, 7) is 0.737. The van der Waals surface area contributed by atoms with Crippen molar-refractivity contribution in [2.24, 2.45) is 15.1 Å². The SMILES string of the molecule is C1=CN=c2ccccc2=NC1.Nc1noc2ccc(-n3nc(C(F)(F)F)cc3C(=O)C3Cc4cc(-c5ccccc5S(N)(=O)=O)ccc4-c4ccc5c(c43)CCCC5)cc12. The number of aryl methyl sites for hydroxylation is 1. The maximum absolute atomic E-state index is 14.8. The van der Waals surface area contributed by atoms with Crippen molar-refractivity contribution in [3.05, 3.63) is 160 Å². The Bertz CT molecular complexity index is 3140. The molecule has 2 aliphatic carbocycles. The van der Waals surface area contributed by atoms with E-state index in [0.717, 1.165) is 87.1 Å². The Morgan fingerprint density at radius 2 is 1.60 bits per heavy atom. The Hall–Kier alpha value is -6.71. The van der Waals surface area contributed by atoms with E-state index in [4.69, 9.17) is 15.4 Å². The van der Waals surface area contributed by atoms with E-state index in [-0.39, 0.29) is 28.5 Å². The van der Waals surface area contributed by atoms with Crippen LogP contribution >= 0.6 is 0 Å². The van der Waals surface area contributed by atoms with Crippen LogP contribution in [0.3, 0.4) is 0 Å². The Balaban J connectivity index is 0.000000363. The van der Waals surface area contributed by atoms with Crippen LogP contribution in [0.4, 0.5) is 19.0 Å². The number of rotatable bonds is 5. The first-order valence-electron chi connectivity index (χ1n) is 19.2. The molecule has 7 aromatic rings. The van der Waals surface area contributed by atoms with Crippen molar-refractivity contribution in [2.75, 3.05) is 12.3 Å². The average Bonchev–Trinajstić information content (AvgIpc) is 3.79. The molecule has 1 aliphatic heterocycles. The molecule has 5 aromatic carbocycles. The third-order valence-corrected chi connectivity index (χ3v) is 12.1. The number of nitrogen functional groups attached to an aromatic ring is 1. The molecule has 0 radical (unpaired) electrons. The van der Waals surface area contributed by atoms with Gasteiger partial charge in [0.15, 0.2) is 22.9 Å². The minimum atomic E-state index is -4.82. The predicted molar refractivity (Wildman–Crippen MR) is 219 cm³/mol. The summed E-state index contributed by atoms with van der Waals surface area (Å²) < 4.78 is 73.6. The van der Waals surface area contributed by atoms with Crippen LogP contribution in [-0.4, -0.2) is 35.7 Å². The highest BCUT2D eigenvalue weighted by Crippen LogP contribution is 2.47. The molecule has 2 aromatic heterocycles. The summed E-state index contributed by atoms with van der Waals surface area (Å²) in [6.07, 6.45) is 2.62. The van der Waals surface area contributed by atoms with Crippen molar-refractivity contribution in [1.82, 2.24) is 14.9 Å². The molecule has 4 N–H and O–H groups in total. The number of carbonyl (C=O) groups is 1. The van der Waals surface area contributed by atoms with Gasteiger partial charge in [0.2, 0.25) is 10.0 Å². The quantitative estimate of drug-likeness (QED) is 0.170. The van der Waals surface area contributed by atoms with Crippen molar-refractivity contribution in [3.63, 3.8) is 0 Å². The Morgan fingerprint density at radius 3 is 2.42 bits per heavy atom. The van der Waals surface area contributed by atoms with Gasteiger partial charge >= 0.3 is 6.18 Å². The molecule has 0 amide bonds. The number of benzene rings is 5. The fraction of sp³-hybridized carbons (Fsp3) is 0.178. The number of nitrogens with two attached hydrogens (primary N) is 2. The first-order chi connectivity index (χ1) is 28.8. The van der Waals surface area contributed by atoms with Crippen LogP contribution < -0.4 is 21.6 Å². The number of anilines is 1. The first kappa shape index (κ1) is 38.8. The monoisotopic (exact) mass is 827 g/mol. The molecule has 302 valence electrons. The second-order valence-electron chi connectivity index (χ2n) is 14.8. The van der Waals surface area contributed by atoms with Crippen molar-refractivity contribution >= 4 is 32.6 Å². The Labute approximate surface area is 341 Å². The molecule has 3 aliphatic rings. The normalized spacial score (nSPS) is 15.6. The van der Waals surface area contributed by atoms with Crippen molar-refractivity contribution in [2.45, 2.75) is 49.1 Å². The number of fused-ring (bicyclic) bond motifs is 7. The van der Waals surface area contributed by atoms with Crippen LogP contribution in [-0.2, 0) is 35.5 Å². The standard InChI is InChI=1S/C36H28F3N5O4S.C9H8N2/c37-36(38,39)32-18-29(44(42-32)22-11-14-30-27(17-22)35(40)43-48-30)34(45)28-16-21-15-20(24-6-3-4-8-31(24)49(41,46)47)10-12-23(21)26-13-9-19-5-1-2-7-25(19)33(26)28;1-2-5-9-8(4-1)10-6-3-7-11-9/h3-4,6,8-15,17-18,28H,1-2,5,7,16H2,(H2,40,43)(H2,41,46,47);1-6H,7H2. The zero-order valence-corrected chi connectivity index (χ0v) is 32.7. The maximum Gasteiger partial charge on any atom is 0.435 e. The summed E-state index contributed by atoms with van der Waals surface area (Å²) in [4.78, 5) is 23.3. The molecule has 1 unspecified atom stereocenters. The van der Waals surface area contributed by atoms with Crippen LogP contribution in [0.15, 0.2) is 135 Å². The van der Waals surface area contributed by atoms with Gasteiger partial charge in [0.25, 0.3) is 0 Å². The number of primary sulfonamides is 1. The number of halogens is 3. The molecule has 0 bridgehead atoms. The highest BCUT2D eigenvalue weighted by molar-refractivity contribution is 7.89. The fourth-order valence-corrected chi connectivity index (χ4v) is 9.13. The largest absolute Gasteiger partial charge is 0.435 e. The zero-order valence-electron chi connectivity index (χ0n) is 31.9. The first-order valence-corrected chi connectivity index (χ1v) is 20.8. The van der Waals surface area contributed by atoms with Gasteiger partial charge in [-0.15, -0.1) is 0 Å². The smallest absolute Gasteiger partial charge is 0.380 e. The van der Waals surface area contributed by atoms with Crippen molar-refractivity contribution in [1.29, 1.82) is 0 Å². The topological polar surface area (TPSA) is 172 Å². The average molecular weight is 828 g/mol. The zero-order chi connectivity index (χ0) is 41.8. The summed E-state index contributed by atoms with van der Waals surface area (Å²) in [5.41, 5.74) is 11.5. The van der Waals surface area contributed by atoms with E-state index in [1.54, 1.807) is 24.4 Å². The van der Waals surface area contributed by atoms with E-state index < -0.39 is 33.6 Å². The lowest BCUT2D eigenvalue weighted by Crippen LogP contribution is -2.25. The molecule has 1 atom stereocenters. The van der Waals surface area contributed by atoms with Gasteiger partial charge in [0.1, 0.15) is 5.69 Å². The van der Waals surface area contributed by atoms with Gasteiger partial charge in [-0.2, -0.15) is 18.3 Å². The van der Waals surface area contributed by atoms with Gasteiger partial charge in [-0.3, -0.25) is 14.8 Å². The number of carbonyl (C=O) groups excluding carboxylic acids is 1. The predicted octanol–water partition coefficient (Wildman–Crippen LogP) is 7.45. The molecular weight excluding hydrogens is 792 g/mol. The lowest BCUT2D eigenvalue weighted by molar-refractivity contribution is -0.141. The number of aromatic nitrogens is 3. The van der Waals surface area contributed by atoms with Gasteiger partial charge in [-0.05, 0) is 114 Å². The number of hydrogen-bond donors (Lipinski definition) is 2. The molecule has 3 heterocycles. The highest BCUT2D eigenvalue weighted by Gasteiger charge is 2.40. The van der Waals surface area contributed by atoms with E-state index in [2.05, 4.69) is 26.3 Å². The number of sulfonamides is 1. The highest BCUT2D eigenvalue weighted by atomic mass is 32.2. The molecule has 0 saturated carbocycles. The second kappa shape index (κ2) is 15.1. The van der Waals surface area contributed by atoms with Crippen LogP contribution in [0.5, 0.6) is 0 Å². The molecule has 0 saturated heterocycles. The summed E-state index contributed by atoms with van der Waals surface area (Å²) in [7, 11) is -4.05. The van der Waals surface area contributed by atoms with E-state index in [1.807, 2.05) is 54.6 Å². The number of para-hydroxylation sites is 2. The second-order valence-corrected chi connectivity index (χ2v) is 16.4. The molecule has 10 rings (SSSR count). The van der Waals surface area contributed by atoms with E-state index in [0.29, 0.717) is 22.1 Å². The Morgan fingerprint density at radius 1 is 0.833 bits per heavy atom. The van der Waals surface area contributed by atoms with Crippen molar-refractivity contribution < 1.29 is 30.9 Å². The van der Waals surface area contributed by atoms with Gasteiger partial charge in [-0.1, -0.05) is 65.8 Å². The minimum absolute atomic E-state index is 0.0399. The summed E-state index contributed by atoms with van der Waals surface area (Å²) in [5.74, 6) is -1.32. The van der Waals surface area contributed by atoms with Gasteiger partial charge < -0.3 is 10.3 Å². The number of ketones is 1. The summed E-state index contributed by atoms with van der Waals surface area (Å²) >= 11 is 0. The van der Waals surface area contributed by atoms with E-state index in [9.17, 15) is 26.4 Å². The van der Waals surface area contributed by atoms with Crippen LogP contribution in [0.25, 0.3) is 38.9 Å². The van der Waals surface area contributed by atoms with Gasteiger partial charge in [0, 0.05) is 17.8 Å². The lowest BCUT2D eigenvalue weighted by Gasteiger charge is -2.32. The molecular formula is C45H36F3N7O4S. The van der Waals surface area contributed by atoms with Crippen LogP contribution in [0, 0.1) is 0 Å². The third-order valence-electron chi connectivity index (χ3n) is 11.1. The molecule has 60 heavy (non-hydrogen) atoms. The number of alkyl halides is 3.